The lowest BCUT2D eigenvalue weighted by molar-refractivity contribution is 0.376. The zero-order valence-corrected chi connectivity index (χ0v) is 17.6. The number of nitrogens with one attached hydrogen (secondary N) is 1. The van der Waals surface area contributed by atoms with Gasteiger partial charge in [0.1, 0.15) is 0 Å². The molecule has 4 nitrogen and oxygen atoms in total. The number of aromatic nitrogens is 1. The van der Waals surface area contributed by atoms with E-state index in [9.17, 15) is 0 Å². The molecule has 0 spiro atoms. The van der Waals surface area contributed by atoms with E-state index in [2.05, 4.69) is 62.7 Å². The van der Waals surface area contributed by atoms with Crippen LogP contribution in [0.15, 0.2) is 65.4 Å². The molecule has 1 aliphatic rings. The standard InChI is InChI=1S/C21H26N4.HI/c1-22-21(24-13-9-20-8-5-12-23-17-20)25-14-10-19(11-15-25)16-18-6-3-2-4-7-18;/h2-8,12,16-17H,9-11,13-15H2,1H3,(H,22,24);1H. The van der Waals surface area contributed by atoms with Crippen molar-refractivity contribution in [3.8, 4) is 0 Å². The van der Waals surface area contributed by atoms with E-state index < -0.39 is 0 Å². The van der Waals surface area contributed by atoms with Gasteiger partial charge in [0.25, 0.3) is 0 Å². The largest absolute Gasteiger partial charge is 0.356 e. The Morgan fingerprint density at radius 3 is 2.58 bits per heavy atom. The van der Waals surface area contributed by atoms with Crippen LogP contribution >= 0.6 is 24.0 Å². The maximum absolute atomic E-state index is 4.45. The van der Waals surface area contributed by atoms with Crippen molar-refractivity contribution in [3.05, 3.63) is 71.6 Å². The average molecular weight is 462 g/mol. The fourth-order valence-electron chi connectivity index (χ4n) is 3.13. The number of guanidine groups is 1. The second-order valence-electron chi connectivity index (χ2n) is 6.29. The van der Waals surface area contributed by atoms with Gasteiger partial charge in [-0.1, -0.05) is 48.0 Å². The number of hydrogen-bond acceptors (Lipinski definition) is 2. The number of pyridine rings is 1. The van der Waals surface area contributed by atoms with E-state index >= 15 is 0 Å². The van der Waals surface area contributed by atoms with Gasteiger partial charge in [-0.3, -0.25) is 9.98 Å². The second-order valence-corrected chi connectivity index (χ2v) is 6.29. The number of piperidine rings is 1. The second kappa shape index (κ2) is 11.0. The molecule has 1 fully saturated rings. The van der Waals surface area contributed by atoms with Crippen molar-refractivity contribution in [2.24, 2.45) is 4.99 Å². The van der Waals surface area contributed by atoms with Crippen LogP contribution < -0.4 is 5.32 Å². The lowest BCUT2D eigenvalue weighted by Crippen LogP contribution is -2.45. The zero-order chi connectivity index (χ0) is 17.3. The number of hydrogen-bond donors (Lipinski definition) is 1. The summed E-state index contributed by atoms with van der Waals surface area (Å²) in [6.07, 6.45) is 9.21. The third-order valence-electron chi connectivity index (χ3n) is 4.51. The van der Waals surface area contributed by atoms with Crippen molar-refractivity contribution < 1.29 is 0 Å². The van der Waals surface area contributed by atoms with Crippen molar-refractivity contribution in [3.63, 3.8) is 0 Å². The van der Waals surface area contributed by atoms with Crippen LogP contribution in [0, 0.1) is 0 Å². The van der Waals surface area contributed by atoms with Crippen LogP contribution in [0.4, 0.5) is 0 Å². The fourth-order valence-corrected chi connectivity index (χ4v) is 3.13. The molecule has 0 unspecified atom stereocenters. The van der Waals surface area contributed by atoms with Crippen LogP contribution in [0.5, 0.6) is 0 Å². The van der Waals surface area contributed by atoms with Gasteiger partial charge >= 0.3 is 0 Å². The molecule has 3 rings (SSSR count). The van der Waals surface area contributed by atoms with Gasteiger partial charge in [-0.05, 0) is 36.5 Å². The van der Waals surface area contributed by atoms with Crippen LogP contribution in [0.1, 0.15) is 24.0 Å². The summed E-state index contributed by atoms with van der Waals surface area (Å²) in [5.41, 5.74) is 4.07. The minimum Gasteiger partial charge on any atom is -0.356 e. The molecule has 138 valence electrons. The van der Waals surface area contributed by atoms with Gasteiger partial charge in [0.05, 0.1) is 0 Å². The van der Waals surface area contributed by atoms with Crippen LogP contribution in [0.25, 0.3) is 6.08 Å². The lowest BCUT2D eigenvalue weighted by atomic mass is 10.0. The Morgan fingerprint density at radius 1 is 1.15 bits per heavy atom. The quantitative estimate of drug-likeness (QED) is 0.425. The van der Waals surface area contributed by atoms with Crippen LogP contribution in [-0.4, -0.2) is 42.5 Å². The van der Waals surface area contributed by atoms with Gasteiger partial charge in [-0.15, -0.1) is 24.0 Å². The first-order valence-electron chi connectivity index (χ1n) is 8.94. The molecule has 5 heteroatoms. The molecule has 26 heavy (non-hydrogen) atoms. The Labute approximate surface area is 173 Å². The molecular weight excluding hydrogens is 435 g/mol. The lowest BCUT2D eigenvalue weighted by Gasteiger charge is -2.31. The summed E-state index contributed by atoms with van der Waals surface area (Å²) in [4.78, 5) is 11.0. The normalized spacial score (nSPS) is 14.6. The van der Waals surface area contributed by atoms with E-state index in [1.807, 2.05) is 25.5 Å². The van der Waals surface area contributed by atoms with E-state index in [1.54, 1.807) is 0 Å². The molecule has 0 saturated carbocycles. The number of benzene rings is 1. The Morgan fingerprint density at radius 2 is 1.92 bits per heavy atom. The summed E-state index contributed by atoms with van der Waals surface area (Å²) < 4.78 is 0. The van der Waals surface area contributed by atoms with Gasteiger partial charge in [-0.25, -0.2) is 0 Å². The minimum atomic E-state index is 0. The molecular formula is C21H27IN4. The van der Waals surface area contributed by atoms with Crippen LogP contribution in [0.3, 0.4) is 0 Å². The molecule has 0 amide bonds. The predicted molar refractivity (Wildman–Crippen MR) is 120 cm³/mol. The van der Waals surface area contributed by atoms with E-state index in [0.29, 0.717) is 0 Å². The summed E-state index contributed by atoms with van der Waals surface area (Å²) in [6, 6.07) is 14.7. The molecule has 0 bridgehead atoms. The Kier molecular flexibility index (Phi) is 8.61. The highest BCUT2D eigenvalue weighted by Crippen LogP contribution is 2.19. The Bertz CT molecular complexity index is 703. The SMILES string of the molecule is CN=C(NCCc1cccnc1)N1CCC(=Cc2ccccc2)CC1.I. The smallest absolute Gasteiger partial charge is 0.193 e. The topological polar surface area (TPSA) is 40.5 Å². The van der Waals surface area contributed by atoms with Crippen LogP contribution in [-0.2, 0) is 6.42 Å². The van der Waals surface area contributed by atoms with E-state index in [0.717, 1.165) is 44.9 Å². The molecule has 2 heterocycles. The number of likely N-dealkylation sites (tertiary alicyclic amines) is 1. The Hall–Kier alpha value is -1.89. The average Bonchev–Trinajstić information content (AvgIpc) is 2.68. The summed E-state index contributed by atoms with van der Waals surface area (Å²) in [6.45, 7) is 2.91. The van der Waals surface area contributed by atoms with Gasteiger partial charge in [0.2, 0.25) is 0 Å². The van der Waals surface area contributed by atoms with E-state index in [-0.39, 0.29) is 24.0 Å². The molecule has 1 aromatic heterocycles. The molecule has 1 aromatic carbocycles. The summed E-state index contributed by atoms with van der Waals surface area (Å²) in [7, 11) is 1.86. The Balaban J connectivity index is 0.00000243. The maximum Gasteiger partial charge on any atom is 0.193 e. The molecule has 2 aromatic rings. The van der Waals surface area contributed by atoms with Gasteiger partial charge in [-0.2, -0.15) is 0 Å². The van der Waals surface area contributed by atoms with E-state index in [1.165, 1.54) is 16.7 Å². The van der Waals surface area contributed by atoms with Crippen molar-refractivity contribution in [2.75, 3.05) is 26.7 Å². The maximum atomic E-state index is 4.45. The number of rotatable bonds is 4. The predicted octanol–water partition coefficient (Wildman–Crippen LogP) is 4.00. The fraction of sp³-hybridized carbons (Fsp3) is 0.333. The van der Waals surface area contributed by atoms with Crippen molar-refractivity contribution in [1.82, 2.24) is 15.2 Å². The zero-order valence-electron chi connectivity index (χ0n) is 15.3. The van der Waals surface area contributed by atoms with Gasteiger partial charge < -0.3 is 10.2 Å². The summed E-state index contributed by atoms with van der Waals surface area (Å²) in [5.74, 6) is 1.00. The van der Waals surface area contributed by atoms with Crippen molar-refractivity contribution >= 4 is 36.0 Å². The van der Waals surface area contributed by atoms with Gasteiger partial charge in [0.15, 0.2) is 5.96 Å². The highest BCUT2D eigenvalue weighted by atomic mass is 127. The highest BCUT2D eigenvalue weighted by Gasteiger charge is 2.16. The number of halogens is 1. The number of nitrogens with zero attached hydrogens (tertiary/aromatic N) is 3. The van der Waals surface area contributed by atoms with Crippen molar-refractivity contribution in [2.45, 2.75) is 19.3 Å². The molecule has 1 saturated heterocycles. The molecule has 0 atom stereocenters. The first-order valence-corrected chi connectivity index (χ1v) is 8.94. The first-order chi connectivity index (χ1) is 12.3. The third-order valence-corrected chi connectivity index (χ3v) is 4.51. The molecule has 0 radical (unpaired) electrons. The minimum absolute atomic E-state index is 0. The number of aliphatic imine (C=N–C) groups is 1. The molecule has 1 N–H and O–H groups in total. The molecule has 0 aliphatic carbocycles. The van der Waals surface area contributed by atoms with Crippen LogP contribution in [0.2, 0.25) is 0 Å². The summed E-state index contributed by atoms with van der Waals surface area (Å²) in [5, 5.41) is 3.48. The summed E-state index contributed by atoms with van der Waals surface area (Å²) >= 11 is 0. The van der Waals surface area contributed by atoms with E-state index in [4.69, 9.17) is 0 Å². The highest BCUT2D eigenvalue weighted by molar-refractivity contribution is 14.0. The van der Waals surface area contributed by atoms with Crippen molar-refractivity contribution in [1.29, 1.82) is 0 Å². The van der Waals surface area contributed by atoms with Gasteiger partial charge in [0, 0.05) is 39.1 Å². The first kappa shape index (κ1) is 20.4. The third kappa shape index (κ3) is 6.12. The monoisotopic (exact) mass is 462 g/mol. The molecule has 1 aliphatic heterocycles.